The predicted molar refractivity (Wildman–Crippen MR) is 99.4 cm³/mol. The minimum Gasteiger partial charge on any atom is -0.612 e. The molecule has 26 heavy (non-hydrogen) atoms. The molecule has 1 saturated heterocycles. The molecule has 1 fully saturated rings. The van der Waals surface area contributed by atoms with Crippen LogP contribution in [0.3, 0.4) is 0 Å². The molecule has 0 N–H and O–H groups in total. The fourth-order valence-electron chi connectivity index (χ4n) is 3.05. The number of carbonyl (C=O) groups is 1. The molecule has 0 radical (unpaired) electrons. The monoisotopic (exact) mass is 385 g/mol. The van der Waals surface area contributed by atoms with Gasteiger partial charge in [-0.2, -0.15) is 0 Å². The number of ether oxygens (including phenoxy) is 2. The van der Waals surface area contributed by atoms with Crippen LogP contribution in [0.1, 0.15) is 39.5 Å². The highest BCUT2D eigenvalue weighted by Gasteiger charge is 2.24. The molecule has 0 bridgehead atoms. The topological polar surface area (TPSA) is 61.8 Å². The molecule has 0 spiro atoms. The highest BCUT2D eigenvalue weighted by atomic mass is 32.2. The highest BCUT2D eigenvalue weighted by molar-refractivity contribution is 7.90. The molecule has 1 aliphatic heterocycles. The van der Waals surface area contributed by atoms with Crippen LogP contribution in [0.5, 0.6) is 5.75 Å². The Morgan fingerprint density at radius 2 is 2.08 bits per heavy atom. The summed E-state index contributed by atoms with van der Waals surface area (Å²) in [4.78, 5) is 13.8. The highest BCUT2D eigenvalue weighted by Crippen LogP contribution is 2.24. The van der Waals surface area contributed by atoms with E-state index in [1.165, 1.54) is 18.4 Å². The first-order chi connectivity index (χ1) is 12.4. The van der Waals surface area contributed by atoms with Crippen LogP contribution in [0.2, 0.25) is 0 Å². The van der Waals surface area contributed by atoms with Crippen molar-refractivity contribution in [2.75, 3.05) is 26.0 Å². The zero-order valence-corrected chi connectivity index (χ0v) is 16.5. The van der Waals surface area contributed by atoms with E-state index in [1.807, 2.05) is 13.8 Å². The maximum atomic E-state index is 13.8. The van der Waals surface area contributed by atoms with Crippen LogP contribution in [0.4, 0.5) is 9.18 Å². The average molecular weight is 386 g/mol. The molecule has 1 aromatic carbocycles. The van der Waals surface area contributed by atoms with E-state index in [0.717, 1.165) is 38.8 Å². The largest absolute Gasteiger partial charge is 0.612 e. The Kier molecular flexibility index (Phi) is 8.03. The van der Waals surface area contributed by atoms with Crippen LogP contribution < -0.4 is 4.74 Å². The number of likely N-dealkylation sites (tertiary alicyclic amines) is 1. The molecule has 2 rings (SSSR count). The van der Waals surface area contributed by atoms with E-state index < -0.39 is 17.0 Å². The zero-order chi connectivity index (χ0) is 19.1. The standard InChI is InChI=1S/C19H28FNO4S/c1-14(2)25-19(22)21-10-8-15(9-11-21)5-4-12-24-16-6-7-18(26(3)23)17(20)13-16/h6-7,13-15H,4-5,8-12H2,1-3H3. The van der Waals surface area contributed by atoms with E-state index in [1.54, 1.807) is 11.0 Å². The number of benzene rings is 1. The summed E-state index contributed by atoms with van der Waals surface area (Å²) in [7, 11) is 0. The van der Waals surface area contributed by atoms with E-state index in [2.05, 4.69) is 0 Å². The molecule has 1 atom stereocenters. The van der Waals surface area contributed by atoms with Gasteiger partial charge in [-0.15, -0.1) is 0 Å². The van der Waals surface area contributed by atoms with Gasteiger partial charge in [0.15, 0.2) is 10.7 Å². The average Bonchev–Trinajstić information content (AvgIpc) is 2.58. The summed E-state index contributed by atoms with van der Waals surface area (Å²) in [6, 6.07) is 4.45. The molecular formula is C19H28FNO4S. The second kappa shape index (κ2) is 10.0. The van der Waals surface area contributed by atoms with Gasteiger partial charge in [-0.05, 0) is 68.8 Å². The molecule has 1 aliphatic rings. The summed E-state index contributed by atoms with van der Waals surface area (Å²) in [5.41, 5.74) is 0. The summed E-state index contributed by atoms with van der Waals surface area (Å²) >= 11 is -1.34. The number of hydrogen-bond donors (Lipinski definition) is 0. The lowest BCUT2D eigenvalue weighted by Crippen LogP contribution is -2.39. The first kappa shape index (κ1) is 20.8. The molecule has 0 saturated carbocycles. The second-order valence-corrected chi connectivity index (χ2v) is 8.25. The smallest absolute Gasteiger partial charge is 0.410 e. The van der Waals surface area contributed by atoms with Crippen LogP contribution >= 0.6 is 0 Å². The summed E-state index contributed by atoms with van der Waals surface area (Å²) in [5.74, 6) is 0.537. The number of hydrogen-bond acceptors (Lipinski definition) is 4. The Labute approximate surface area is 158 Å². The normalized spacial score (nSPS) is 16.6. The quantitative estimate of drug-likeness (QED) is 0.526. The van der Waals surface area contributed by atoms with Crippen molar-refractivity contribution in [3.63, 3.8) is 0 Å². The number of carbonyl (C=O) groups excluding carboxylic acids is 1. The van der Waals surface area contributed by atoms with E-state index in [9.17, 15) is 13.7 Å². The third-order valence-corrected chi connectivity index (χ3v) is 5.40. The lowest BCUT2D eigenvalue weighted by atomic mass is 9.92. The first-order valence-corrected chi connectivity index (χ1v) is 10.6. The molecular weight excluding hydrogens is 357 g/mol. The lowest BCUT2D eigenvalue weighted by molar-refractivity contribution is 0.0643. The van der Waals surface area contributed by atoms with Crippen LogP contribution in [0, 0.1) is 11.7 Å². The fraction of sp³-hybridized carbons (Fsp3) is 0.632. The van der Waals surface area contributed by atoms with Gasteiger partial charge in [-0.1, -0.05) is 0 Å². The number of nitrogens with zero attached hydrogens (tertiary/aromatic N) is 1. The molecule has 7 heteroatoms. The number of piperidine rings is 1. The van der Waals surface area contributed by atoms with Crippen molar-refractivity contribution < 1.29 is 23.2 Å². The van der Waals surface area contributed by atoms with Gasteiger partial charge in [0.2, 0.25) is 0 Å². The van der Waals surface area contributed by atoms with Gasteiger partial charge >= 0.3 is 6.09 Å². The van der Waals surface area contributed by atoms with Gasteiger partial charge in [0.05, 0.1) is 12.7 Å². The minimum absolute atomic E-state index is 0.0893. The van der Waals surface area contributed by atoms with Gasteiger partial charge in [-0.25, -0.2) is 9.18 Å². The molecule has 5 nitrogen and oxygen atoms in total. The Morgan fingerprint density at radius 3 is 2.65 bits per heavy atom. The van der Waals surface area contributed by atoms with Crippen LogP contribution in [0.15, 0.2) is 23.1 Å². The van der Waals surface area contributed by atoms with Crippen molar-refractivity contribution in [2.24, 2.45) is 5.92 Å². The summed E-state index contributed by atoms with van der Waals surface area (Å²) in [6.45, 7) is 5.69. The number of rotatable bonds is 7. The van der Waals surface area contributed by atoms with E-state index in [0.29, 0.717) is 18.3 Å². The van der Waals surface area contributed by atoms with Crippen LogP contribution in [-0.2, 0) is 15.9 Å². The Hall–Kier alpha value is -1.47. The van der Waals surface area contributed by atoms with E-state index in [4.69, 9.17) is 9.47 Å². The molecule has 0 aromatic heterocycles. The van der Waals surface area contributed by atoms with Crippen LogP contribution in [-0.4, -0.2) is 47.6 Å². The SMILES string of the molecule is CC(C)OC(=O)N1CCC(CCCOc2ccc([S+](C)[O-])c(F)c2)CC1. The molecule has 1 unspecified atom stereocenters. The maximum Gasteiger partial charge on any atom is 0.410 e. The molecule has 0 aliphatic carbocycles. The van der Waals surface area contributed by atoms with Crippen molar-refractivity contribution in [3.8, 4) is 5.75 Å². The van der Waals surface area contributed by atoms with Gasteiger partial charge in [0, 0.05) is 19.2 Å². The van der Waals surface area contributed by atoms with Crippen molar-refractivity contribution >= 4 is 17.3 Å². The summed E-state index contributed by atoms with van der Waals surface area (Å²) in [5, 5.41) is 0. The first-order valence-electron chi connectivity index (χ1n) is 9.08. The minimum atomic E-state index is -1.34. The van der Waals surface area contributed by atoms with Gasteiger partial charge in [0.25, 0.3) is 0 Å². The van der Waals surface area contributed by atoms with Gasteiger partial charge in [0.1, 0.15) is 12.0 Å². The maximum absolute atomic E-state index is 13.8. The number of halogens is 1. The van der Waals surface area contributed by atoms with Crippen molar-refractivity contribution in [1.29, 1.82) is 0 Å². The molecule has 1 amide bonds. The van der Waals surface area contributed by atoms with Crippen molar-refractivity contribution in [3.05, 3.63) is 24.0 Å². The third kappa shape index (κ3) is 6.36. The zero-order valence-electron chi connectivity index (χ0n) is 15.7. The van der Waals surface area contributed by atoms with Gasteiger partial charge < -0.3 is 18.9 Å². The Bertz CT molecular complexity index is 589. The summed E-state index contributed by atoms with van der Waals surface area (Å²) in [6.07, 6.45) is 4.98. The van der Waals surface area contributed by atoms with Gasteiger partial charge in [-0.3, -0.25) is 0 Å². The summed E-state index contributed by atoms with van der Waals surface area (Å²) < 4.78 is 35.9. The molecule has 146 valence electrons. The van der Waals surface area contributed by atoms with Crippen molar-refractivity contribution in [2.45, 2.75) is 50.5 Å². The van der Waals surface area contributed by atoms with Crippen molar-refractivity contribution in [1.82, 2.24) is 4.90 Å². The number of amides is 1. The second-order valence-electron chi connectivity index (χ2n) is 6.90. The van der Waals surface area contributed by atoms with E-state index in [-0.39, 0.29) is 17.1 Å². The van der Waals surface area contributed by atoms with Crippen LogP contribution in [0.25, 0.3) is 0 Å². The Morgan fingerprint density at radius 1 is 1.38 bits per heavy atom. The van der Waals surface area contributed by atoms with E-state index >= 15 is 0 Å². The third-order valence-electron chi connectivity index (χ3n) is 4.45. The predicted octanol–water partition coefficient (Wildman–Crippen LogP) is 3.98. The molecule has 1 aromatic rings. The fourth-order valence-corrected chi connectivity index (χ4v) is 3.64. The molecule has 1 heterocycles. The lowest BCUT2D eigenvalue weighted by Gasteiger charge is -2.31. The Balaban J connectivity index is 1.65.